The molecule has 1 N–H and O–H groups in total. The summed E-state index contributed by atoms with van der Waals surface area (Å²) in [5.41, 5.74) is 0.757. The Bertz CT molecular complexity index is 434. The van der Waals surface area contributed by atoms with Crippen LogP contribution in [0.5, 0.6) is 0 Å². The standard InChI is InChI=1S/C15H23NO.ClHO4/c1-10-16-14(2,9-17-10)15-6-11-3-12(7-15)5-13(4-11)8-15;2-1(3,4)5/h11-13H,3-9H2,1-2H3;(H,2,3,4,5). The van der Waals surface area contributed by atoms with E-state index < -0.39 is 10.2 Å². The molecule has 0 aromatic carbocycles. The van der Waals surface area contributed by atoms with Crippen LogP contribution in [0.1, 0.15) is 52.4 Å². The van der Waals surface area contributed by atoms with E-state index in [0.717, 1.165) is 30.3 Å². The molecular formula is C15H24ClNO5. The molecule has 4 bridgehead atoms. The van der Waals surface area contributed by atoms with Crippen LogP contribution in [0.4, 0.5) is 0 Å². The molecule has 0 saturated heterocycles. The minimum atomic E-state index is -4.94. The van der Waals surface area contributed by atoms with Crippen LogP contribution in [0.25, 0.3) is 0 Å². The van der Waals surface area contributed by atoms with E-state index in [1.54, 1.807) is 0 Å². The lowest BCUT2D eigenvalue weighted by atomic mass is 9.45. The van der Waals surface area contributed by atoms with E-state index in [1.165, 1.54) is 38.5 Å². The highest BCUT2D eigenvalue weighted by Crippen LogP contribution is 2.63. The van der Waals surface area contributed by atoms with Crippen molar-refractivity contribution >= 4 is 5.90 Å². The topological polar surface area (TPSA) is 115 Å². The van der Waals surface area contributed by atoms with Crippen LogP contribution in [-0.4, -0.2) is 18.0 Å². The van der Waals surface area contributed by atoms with Gasteiger partial charge in [0.05, 0.1) is 6.92 Å². The fourth-order valence-electron chi connectivity index (χ4n) is 5.79. The molecule has 1 heterocycles. The molecule has 7 heteroatoms. The van der Waals surface area contributed by atoms with E-state index in [9.17, 15) is 0 Å². The predicted molar refractivity (Wildman–Crippen MR) is 66.6 cm³/mol. The SMILES string of the molecule is CC1=[NH+]C(C)(C23CC4CC(CC(C4)C2)C3)CO1.[O-][Cl+3]([O-])([O-])[O-]. The number of rotatable bonds is 1. The first kappa shape index (κ1) is 16.5. The smallest absolute Gasteiger partial charge is 0.332 e. The maximum Gasteiger partial charge on any atom is 0.332 e. The number of halogens is 1. The third-order valence-corrected chi connectivity index (χ3v) is 6.24. The molecule has 5 rings (SSSR count). The maximum absolute atomic E-state index is 8.49. The molecule has 1 aliphatic heterocycles. The zero-order valence-electron chi connectivity index (χ0n) is 13.1. The van der Waals surface area contributed by atoms with Gasteiger partial charge in [0, 0.05) is 12.3 Å². The van der Waals surface area contributed by atoms with Crippen molar-refractivity contribution in [3.8, 4) is 0 Å². The van der Waals surface area contributed by atoms with Crippen LogP contribution < -0.4 is 23.6 Å². The van der Waals surface area contributed by atoms with Crippen molar-refractivity contribution in [2.45, 2.75) is 57.9 Å². The summed E-state index contributed by atoms with van der Waals surface area (Å²) in [7, 11) is -4.94. The number of nitrogens with one attached hydrogen (secondary N) is 1. The lowest BCUT2D eigenvalue weighted by Crippen LogP contribution is -2.89. The Morgan fingerprint density at radius 3 is 1.73 bits per heavy atom. The Kier molecular flexibility index (Phi) is 3.97. The zero-order valence-corrected chi connectivity index (χ0v) is 13.9. The van der Waals surface area contributed by atoms with Crippen LogP contribution in [0.2, 0.25) is 0 Å². The Morgan fingerprint density at radius 1 is 1.00 bits per heavy atom. The summed E-state index contributed by atoms with van der Waals surface area (Å²) in [6.07, 6.45) is 8.95. The van der Waals surface area contributed by atoms with E-state index in [2.05, 4.69) is 18.8 Å². The molecule has 4 fully saturated rings. The molecule has 4 saturated carbocycles. The second-order valence-corrected chi connectivity index (χ2v) is 8.63. The van der Waals surface area contributed by atoms with Gasteiger partial charge in [0.2, 0.25) is 0 Å². The van der Waals surface area contributed by atoms with E-state index >= 15 is 0 Å². The molecule has 1 atom stereocenters. The van der Waals surface area contributed by atoms with E-state index in [0.29, 0.717) is 5.41 Å². The molecule has 6 nitrogen and oxygen atoms in total. The van der Waals surface area contributed by atoms with Crippen LogP contribution in [0, 0.1) is 33.4 Å². The molecule has 126 valence electrons. The lowest BCUT2D eigenvalue weighted by Gasteiger charge is -2.59. The number of ether oxygens (including phenoxy) is 1. The van der Waals surface area contributed by atoms with Gasteiger partial charge in [-0.2, -0.15) is 0 Å². The average molecular weight is 334 g/mol. The highest BCUT2D eigenvalue weighted by molar-refractivity contribution is 5.67. The van der Waals surface area contributed by atoms with Gasteiger partial charge in [0.25, 0.3) is 0 Å². The summed E-state index contributed by atoms with van der Waals surface area (Å²) in [5.74, 6) is 4.13. The molecule has 0 spiro atoms. The maximum atomic E-state index is 8.49. The Balaban J connectivity index is 0.000000254. The Labute approximate surface area is 132 Å². The first-order valence-corrected chi connectivity index (χ1v) is 9.18. The summed E-state index contributed by atoms with van der Waals surface area (Å²) in [6.45, 7) is 5.38. The van der Waals surface area contributed by atoms with Gasteiger partial charge in [0.1, 0.15) is 0 Å². The number of hydrogen-bond acceptors (Lipinski definition) is 5. The monoisotopic (exact) mass is 333 g/mol. The Hall–Kier alpha value is -0.400. The summed E-state index contributed by atoms with van der Waals surface area (Å²) < 4.78 is 39.7. The van der Waals surface area contributed by atoms with E-state index in [-0.39, 0.29) is 5.54 Å². The molecular weight excluding hydrogens is 310 g/mol. The quantitative estimate of drug-likeness (QED) is 0.540. The van der Waals surface area contributed by atoms with Gasteiger partial charge in [-0.05, 0) is 56.3 Å². The van der Waals surface area contributed by atoms with Gasteiger partial charge in [0.15, 0.2) is 12.1 Å². The highest BCUT2D eigenvalue weighted by atomic mass is 35.7. The molecule has 0 radical (unpaired) electrons. The number of hydrogen-bond donors (Lipinski definition) is 1. The molecule has 4 aliphatic carbocycles. The molecule has 0 amide bonds. The van der Waals surface area contributed by atoms with Crippen molar-refractivity contribution in [2.24, 2.45) is 23.2 Å². The van der Waals surface area contributed by atoms with E-state index in [1.807, 2.05) is 0 Å². The molecule has 0 aromatic heterocycles. The first-order chi connectivity index (χ1) is 10.1. The normalized spacial score (nSPS) is 45.9. The van der Waals surface area contributed by atoms with E-state index in [4.69, 9.17) is 23.4 Å². The van der Waals surface area contributed by atoms with Crippen molar-refractivity contribution in [2.75, 3.05) is 6.61 Å². The van der Waals surface area contributed by atoms with Gasteiger partial charge in [-0.3, -0.25) is 0 Å². The van der Waals surface area contributed by atoms with Crippen molar-refractivity contribution in [1.82, 2.24) is 0 Å². The summed E-state index contributed by atoms with van der Waals surface area (Å²) in [4.78, 5) is 3.68. The van der Waals surface area contributed by atoms with Crippen LogP contribution >= 0.6 is 0 Å². The fraction of sp³-hybridized carbons (Fsp3) is 0.933. The zero-order chi connectivity index (χ0) is 16.2. The summed E-state index contributed by atoms with van der Waals surface area (Å²) >= 11 is 0. The van der Waals surface area contributed by atoms with Crippen LogP contribution in [0.15, 0.2) is 0 Å². The molecule has 1 unspecified atom stereocenters. The van der Waals surface area contributed by atoms with Crippen molar-refractivity contribution < 1.29 is 38.6 Å². The van der Waals surface area contributed by atoms with Crippen molar-refractivity contribution in [3.63, 3.8) is 0 Å². The predicted octanol–water partition coefficient (Wildman–Crippen LogP) is -3.27. The minimum Gasteiger partial charge on any atom is -0.441 e. The van der Waals surface area contributed by atoms with Gasteiger partial charge >= 0.3 is 5.90 Å². The van der Waals surface area contributed by atoms with Gasteiger partial charge in [-0.1, -0.05) is 0 Å². The highest BCUT2D eigenvalue weighted by Gasteiger charge is 2.63. The average Bonchev–Trinajstić information content (AvgIpc) is 2.67. The van der Waals surface area contributed by atoms with Gasteiger partial charge in [-0.25, -0.2) is 23.6 Å². The lowest BCUT2D eigenvalue weighted by molar-refractivity contribution is -2.00. The second-order valence-electron chi connectivity index (χ2n) is 7.88. The third-order valence-electron chi connectivity index (χ3n) is 6.24. The first-order valence-electron chi connectivity index (χ1n) is 7.95. The summed E-state index contributed by atoms with van der Waals surface area (Å²) in [6, 6.07) is 0. The fourth-order valence-corrected chi connectivity index (χ4v) is 5.79. The Morgan fingerprint density at radius 2 is 1.41 bits per heavy atom. The molecule has 0 aromatic rings. The van der Waals surface area contributed by atoms with Crippen molar-refractivity contribution in [3.05, 3.63) is 0 Å². The van der Waals surface area contributed by atoms with Gasteiger partial charge < -0.3 is 4.74 Å². The molecule has 22 heavy (non-hydrogen) atoms. The van der Waals surface area contributed by atoms with Crippen LogP contribution in [-0.2, 0) is 4.74 Å². The third kappa shape index (κ3) is 3.12. The minimum absolute atomic E-state index is 0.215. The summed E-state index contributed by atoms with van der Waals surface area (Å²) in [5, 5.41) is 0. The molecule has 5 aliphatic rings. The van der Waals surface area contributed by atoms with Gasteiger partial charge in [-0.15, -0.1) is 10.2 Å². The van der Waals surface area contributed by atoms with Crippen molar-refractivity contribution in [1.29, 1.82) is 0 Å². The largest absolute Gasteiger partial charge is 0.441 e. The van der Waals surface area contributed by atoms with Crippen LogP contribution in [0.3, 0.4) is 0 Å². The second kappa shape index (κ2) is 5.31.